The maximum atomic E-state index is 11.2. The molecule has 1 saturated heterocycles. The van der Waals surface area contributed by atoms with Crippen LogP contribution in [-0.2, 0) is 24.3 Å². The Morgan fingerprint density at radius 2 is 2.07 bits per heavy atom. The molecule has 0 aliphatic carbocycles. The van der Waals surface area contributed by atoms with E-state index < -0.39 is 20.1 Å². The Morgan fingerprint density at radius 3 is 2.50 bits per heavy atom. The van der Waals surface area contributed by atoms with E-state index in [9.17, 15) is 16.8 Å². The van der Waals surface area contributed by atoms with Crippen LogP contribution in [0.5, 0.6) is 0 Å². The van der Waals surface area contributed by atoms with Gasteiger partial charge < -0.3 is 0 Å². The van der Waals surface area contributed by atoms with Gasteiger partial charge in [-0.3, -0.25) is 4.18 Å². The smallest absolute Gasteiger partial charge is 0.264 e. The van der Waals surface area contributed by atoms with Gasteiger partial charge in [0.05, 0.1) is 18.6 Å². The topological polar surface area (TPSA) is 80.8 Å². The molecule has 0 N–H and O–H groups in total. The summed E-state index contributed by atoms with van der Waals surface area (Å²) in [5, 5.41) is 0. The fourth-order valence-electron chi connectivity index (χ4n) is 1.23. The van der Waals surface area contributed by atoms with Crippen LogP contribution in [0, 0.1) is 0 Å². The van der Waals surface area contributed by atoms with Gasteiger partial charge in [0.25, 0.3) is 10.1 Å². The molecule has 1 heterocycles. The van der Waals surface area contributed by atoms with Gasteiger partial charge in [-0.1, -0.05) is 0 Å². The van der Waals surface area contributed by atoms with Gasteiger partial charge >= 0.3 is 0 Å². The maximum Gasteiger partial charge on any atom is 0.264 e. The quantitative estimate of drug-likeness (QED) is 0.591. The van der Waals surface area contributed by atoms with Crippen LogP contribution in [0.1, 0.15) is 6.42 Å². The van der Waals surface area contributed by atoms with Gasteiger partial charge in [0, 0.05) is 13.1 Å². The van der Waals surface area contributed by atoms with E-state index in [1.165, 1.54) is 4.31 Å². The largest absolute Gasteiger partial charge is 0.269 e. The van der Waals surface area contributed by atoms with Crippen LogP contribution in [0.25, 0.3) is 0 Å². The van der Waals surface area contributed by atoms with Crippen molar-refractivity contribution in [1.29, 1.82) is 0 Å². The fourth-order valence-corrected chi connectivity index (χ4v) is 3.12. The highest BCUT2D eigenvalue weighted by Crippen LogP contribution is 2.12. The summed E-state index contributed by atoms with van der Waals surface area (Å²) >= 11 is 0. The highest BCUT2D eigenvalue weighted by Gasteiger charge is 2.27. The summed E-state index contributed by atoms with van der Waals surface area (Å²) in [4.78, 5) is 0. The second-order valence-electron chi connectivity index (χ2n) is 3.09. The Kier molecular flexibility index (Phi) is 3.51. The summed E-state index contributed by atoms with van der Waals surface area (Å²) in [6.45, 7) is 0.447. The van der Waals surface area contributed by atoms with Gasteiger partial charge in [-0.2, -0.15) is 12.7 Å². The van der Waals surface area contributed by atoms with Gasteiger partial charge in [-0.15, -0.1) is 0 Å². The third-order valence-corrected chi connectivity index (χ3v) is 4.39. The highest BCUT2D eigenvalue weighted by atomic mass is 32.2. The van der Waals surface area contributed by atoms with E-state index in [0.29, 0.717) is 13.0 Å². The summed E-state index contributed by atoms with van der Waals surface area (Å²) in [6, 6.07) is 0. The summed E-state index contributed by atoms with van der Waals surface area (Å²) in [5.41, 5.74) is 0. The maximum absolute atomic E-state index is 11.2. The van der Waals surface area contributed by atoms with Crippen molar-refractivity contribution in [3.05, 3.63) is 0 Å². The average Bonchev–Trinajstić information content (AvgIpc) is 2.28. The zero-order valence-electron chi connectivity index (χ0n) is 7.84. The molecule has 84 valence electrons. The van der Waals surface area contributed by atoms with Crippen molar-refractivity contribution in [3.63, 3.8) is 0 Å². The summed E-state index contributed by atoms with van der Waals surface area (Å²) in [7, 11) is -6.62. The first-order valence-corrected chi connectivity index (χ1v) is 7.56. The Hall–Kier alpha value is -0.180. The molecule has 0 aromatic carbocycles. The first-order valence-electron chi connectivity index (χ1n) is 4.13. The van der Waals surface area contributed by atoms with Crippen molar-refractivity contribution in [2.75, 3.05) is 31.7 Å². The minimum absolute atomic E-state index is 0.107. The van der Waals surface area contributed by atoms with Gasteiger partial charge in [-0.05, 0) is 6.42 Å². The van der Waals surface area contributed by atoms with E-state index in [2.05, 4.69) is 4.18 Å². The molecule has 1 aliphatic heterocycles. The number of rotatable bonds is 4. The molecule has 0 aromatic rings. The second kappa shape index (κ2) is 4.13. The minimum atomic E-state index is -3.47. The van der Waals surface area contributed by atoms with E-state index in [0.717, 1.165) is 6.26 Å². The summed E-state index contributed by atoms with van der Waals surface area (Å²) in [5.74, 6) is 0.145. The number of sulfonamides is 1. The lowest BCUT2D eigenvalue weighted by Gasteiger charge is -2.12. The number of hydrogen-bond acceptors (Lipinski definition) is 5. The lowest BCUT2D eigenvalue weighted by molar-refractivity contribution is 0.284. The molecule has 0 bridgehead atoms. The summed E-state index contributed by atoms with van der Waals surface area (Å²) < 4.78 is 49.3. The lowest BCUT2D eigenvalue weighted by atomic mass is 10.5. The molecule has 1 fully saturated rings. The third kappa shape index (κ3) is 3.52. The molecule has 6 nitrogen and oxygen atoms in total. The normalized spacial score (nSPS) is 22.6. The molecule has 0 saturated carbocycles. The molecule has 0 spiro atoms. The summed E-state index contributed by atoms with van der Waals surface area (Å²) in [6.07, 6.45) is 1.53. The van der Waals surface area contributed by atoms with Crippen LogP contribution in [0.2, 0.25) is 0 Å². The SMILES string of the molecule is CS(=O)(=O)OCCN1CCCS1(=O)=O. The number of hydrogen-bond donors (Lipinski definition) is 0. The van der Waals surface area contributed by atoms with Gasteiger partial charge in [-0.25, -0.2) is 8.42 Å². The number of nitrogens with zero attached hydrogens (tertiary/aromatic N) is 1. The molecule has 0 amide bonds. The van der Waals surface area contributed by atoms with E-state index in [4.69, 9.17) is 0 Å². The molecule has 1 rings (SSSR count). The zero-order valence-corrected chi connectivity index (χ0v) is 9.47. The second-order valence-corrected chi connectivity index (χ2v) is 6.83. The molecule has 0 aromatic heterocycles. The van der Waals surface area contributed by atoms with Crippen molar-refractivity contribution in [1.82, 2.24) is 4.31 Å². The predicted molar refractivity (Wildman–Crippen MR) is 50.8 cm³/mol. The molecule has 0 unspecified atom stereocenters. The van der Waals surface area contributed by atoms with Crippen molar-refractivity contribution in [3.8, 4) is 0 Å². The first kappa shape index (κ1) is 11.9. The minimum Gasteiger partial charge on any atom is -0.269 e. The Bertz CT molecular complexity index is 384. The van der Waals surface area contributed by atoms with Crippen molar-refractivity contribution < 1.29 is 21.0 Å². The molecule has 1 aliphatic rings. The van der Waals surface area contributed by atoms with Crippen LogP contribution in [-0.4, -0.2) is 52.8 Å². The molecule has 14 heavy (non-hydrogen) atoms. The third-order valence-electron chi connectivity index (χ3n) is 1.84. The van der Waals surface area contributed by atoms with E-state index >= 15 is 0 Å². The van der Waals surface area contributed by atoms with Crippen LogP contribution in [0.15, 0.2) is 0 Å². The standard InChI is InChI=1S/C6H13NO5S2/c1-13(8,9)12-5-4-7-3-2-6-14(7,10)11/h2-6H2,1H3. The van der Waals surface area contributed by atoms with Gasteiger partial charge in [0.1, 0.15) is 0 Å². The van der Waals surface area contributed by atoms with E-state index in [1.54, 1.807) is 0 Å². The van der Waals surface area contributed by atoms with Gasteiger partial charge in [0.2, 0.25) is 10.0 Å². The van der Waals surface area contributed by atoms with Gasteiger partial charge in [0.15, 0.2) is 0 Å². The lowest BCUT2D eigenvalue weighted by Crippen LogP contribution is -2.29. The Morgan fingerprint density at radius 1 is 1.43 bits per heavy atom. The van der Waals surface area contributed by atoms with Crippen molar-refractivity contribution in [2.45, 2.75) is 6.42 Å². The van der Waals surface area contributed by atoms with E-state index in [1.807, 2.05) is 0 Å². The molecular formula is C6H13NO5S2. The van der Waals surface area contributed by atoms with Crippen molar-refractivity contribution >= 4 is 20.1 Å². The highest BCUT2D eigenvalue weighted by molar-refractivity contribution is 7.89. The van der Waals surface area contributed by atoms with Crippen LogP contribution in [0.3, 0.4) is 0 Å². The molecule has 0 atom stereocenters. The Labute approximate surface area is 84.0 Å². The van der Waals surface area contributed by atoms with Crippen LogP contribution in [0.4, 0.5) is 0 Å². The monoisotopic (exact) mass is 243 g/mol. The fraction of sp³-hybridized carbons (Fsp3) is 1.00. The molecular weight excluding hydrogens is 230 g/mol. The zero-order chi connectivity index (χ0) is 10.8. The van der Waals surface area contributed by atoms with Crippen molar-refractivity contribution in [2.24, 2.45) is 0 Å². The average molecular weight is 243 g/mol. The molecule has 8 heteroatoms. The first-order chi connectivity index (χ1) is 6.31. The molecule has 0 radical (unpaired) electrons. The van der Waals surface area contributed by atoms with Crippen LogP contribution < -0.4 is 0 Å². The predicted octanol–water partition coefficient (Wildman–Crippen LogP) is -1.00. The van der Waals surface area contributed by atoms with Crippen LogP contribution >= 0.6 is 0 Å². The van der Waals surface area contributed by atoms with E-state index in [-0.39, 0.29) is 18.9 Å². The Balaban J connectivity index is 2.40.